The van der Waals surface area contributed by atoms with Crippen molar-refractivity contribution in [2.24, 2.45) is 0 Å². The Morgan fingerprint density at radius 3 is 2.75 bits per heavy atom. The molecule has 32 heavy (non-hydrogen) atoms. The fourth-order valence-corrected chi connectivity index (χ4v) is 3.95. The summed E-state index contributed by atoms with van der Waals surface area (Å²) in [5.74, 6) is 0.729. The summed E-state index contributed by atoms with van der Waals surface area (Å²) in [4.78, 5) is 18.7. The van der Waals surface area contributed by atoms with Gasteiger partial charge in [-0.05, 0) is 48.2 Å². The van der Waals surface area contributed by atoms with Crippen LogP contribution in [0, 0.1) is 0 Å². The van der Waals surface area contributed by atoms with Crippen LogP contribution < -0.4 is 9.64 Å². The number of amides is 1. The molecule has 7 heteroatoms. The van der Waals surface area contributed by atoms with Crippen molar-refractivity contribution in [3.8, 4) is 5.75 Å². The van der Waals surface area contributed by atoms with Crippen LogP contribution in [0.5, 0.6) is 5.75 Å². The molecule has 3 aromatic rings. The molecule has 2 heterocycles. The van der Waals surface area contributed by atoms with Gasteiger partial charge in [-0.15, -0.1) is 0 Å². The largest absolute Gasteiger partial charge is 0.478 e. The molecule has 0 saturated heterocycles. The number of rotatable bonds is 9. The van der Waals surface area contributed by atoms with Crippen LogP contribution in [-0.2, 0) is 22.7 Å². The highest BCUT2D eigenvalue weighted by atomic mass is 35.5. The number of halogens is 1. The van der Waals surface area contributed by atoms with Crippen molar-refractivity contribution in [1.29, 1.82) is 0 Å². The Hall–Kier alpha value is -2.83. The number of hydrogen-bond acceptors (Lipinski definition) is 4. The first kappa shape index (κ1) is 22.4. The Bertz CT molecular complexity index is 1040. The predicted molar refractivity (Wildman–Crippen MR) is 125 cm³/mol. The monoisotopic (exact) mass is 453 g/mol. The highest BCUT2D eigenvalue weighted by Gasteiger charge is 2.32. The second-order valence-corrected chi connectivity index (χ2v) is 8.50. The van der Waals surface area contributed by atoms with Crippen LogP contribution >= 0.6 is 11.6 Å². The zero-order valence-electron chi connectivity index (χ0n) is 18.4. The summed E-state index contributed by atoms with van der Waals surface area (Å²) in [6, 6.07) is 13.6. The predicted octanol–water partition coefficient (Wildman–Crippen LogP) is 5.41. The van der Waals surface area contributed by atoms with Crippen molar-refractivity contribution in [1.82, 2.24) is 9.55 Å². The topological polar surface area (TPSA) is 56.6 Å². The van der Waals surface area contributed by atoms with Crippen molar-refractivity contribution in [2.45, 2.75) is 51.5 Å². The van der Waals surface area contributed by atoms with Crippen LogP contribution in [0.25, 0.3) is 0 Å². The lowest BCUT2D eigenvalue weighted by molar-refractivity contribution is -0.126. The molecule has 2 atom stereocenters. The maximum atomic E-state index is 12.8. The van der Waals surface area contributed by atoms with E-state index in [-0.39, 0.29) is 12.0 Å². The molecule has 0 fully saturated rings. The summed E-state index contributed by atoms with van der Waals surface area (Å²) in [5, 5.41) is 0.698. The van der Waals surface area contributed by atoms with Gasteiger partial charge in [0.15, 0.2) is 6.10 Å². The van der Waals surface area contributed by atoms with Crippen LogP contribution in [0.3, 0.4) is 0 Å². The number of hydrogen-bond donors (Lipinski definition) is 0. The Labute approximate surface area is 193 Å². The van der Waals surface area contributed by atoms with E-state index in [9.17, 15) is 4.79 Å². The van der Waals surface area contributed by atoms with Gasteiger partial charge in [0.2, 0.25) is 0 Å². The van der Waals surface area contributed by atoms with Gasteiger partial charge in [-0.1, -0.05) is 43.1 Å². The Morgan fingerprint density at radius 2 is 2.03 bits per heavy atom. The number of carbonyl (C=O) groups is 1. The maximum Gasteiger partial charge on any atom is 0.267 e. The first-order valence-corrected chi connectivity index (χ1v) is 11.3. The number of ether oxygens (including phenoxy) is 2. The molecule has 2 unspecified atom stereocenters. The number of anilines is 1. The van der Waals surface area contributed by atoms with Crippen LogP contribution in [0.2, 0.25) is 5.02 Å². The number of benzene rings is 2. The fraction of sp³-hybridized carbons (Fsp3) is 0.360. The van der Waals surface area contributed by atoms with Gasteiger partial charge in [0.25, 0.3) is 5.91 Å². The first-order valence-electron chi connectivity index (χ1n) is 10.9. The Morgan fingerprint density at radius 1 is 1.22 bits per heavy atom. The van der Waals surface area contributed by atoms with Gasteiger partial charge in [-0.25, -0.2) is 4.98 Å². The van der Waals surface area contributed by atoms with Gasteiger partial charge in [-0.2, -0.15) is 0 Å². The molecular formula is C25H28ClN3O3. The lowest BCUT2D eigenvalue weighted by atomic mass is 10.0. The molecule has 1 aliphatic heterocycles. The summed E-state index contributed by atoms with van der Waals surface area (Å²) in [6.45, 7) is 3.16. The first-order chi connectivity index (χ1) is 15.5. The molecule has 0 aliphatic carbocycles. The molecular weight excluding hydrogens is 426 g/mol. The van der Waals surface area contributed by atoms with Gasteiger partial charge < -0.3 is 18.9 Å². The SMILES string of the molecule is CCCCC1Oc2ccc(C(Cn3ccnc3)OCc3ccc(Cl)cc3)cc2N(C)C1=O. The lowest BCUT2D eigenvalue weighted by Gasteiger charge is -2.33. The van der Waals surface area contributed by atoms with Gasteiger partial charge >= 0.3 is 0 Å². The zero-order valence-corrected chi connectivity index (χ0v) is 19.2. The summed E-state index contributed by atoms with van der Waals surface area (Å²) in [7, 11) is 1.81. The second-order valence-electron chi connectivity index (χ2n) is 8.06. The van der Waals surface area contributed by atoms with E-state index < -0.39 is 6.10 Å². The van der Waals surface area contributed by atoms with E-state index in [0.29, 0.717) is 18.2 Å². The van der Waals surface area contributed by atoms with E-state index in [1.807, 2.05) is 60.3 Å². The van der Waals surface area contributed by atoms with E-state index >= 15 is 0 Å². The zero-order chi connectivity index (χ0) is 22.5. The highest BCUT2D eigenvalue weighted by Crippen LogP contribution is 2.37. The molecule has 6 nitrogen and oxygen atoms in total. The average molecular weight is 454 g/mol. The summed E-state index contributed by atoms with van der Waals surface area (Å²) >= 11 is 6.00. The van der Waals surface area contributed by atoms with Gasteiger partial charge in [-0.3, -0.25) is 4.79 Å². The molecule has 168 valence electrons. The van der Waals surface area contributed by atoms with E-state index in [2.05, 4.69) is 11.9 Å². The van der Waals surface area contributed by atoms with Crippen molar-refractivity contribution < 1.29 is 14.3 Å². The smallest absolute Gasteiger partial charge is 0.267 e. The van der Waals surface area contributed by atoms with E-state index in [1.165, 1.54) is 0 Å². The fourth-order valence-electron chi connectivity index (χ4n) is 3.82. The van der Waals surface area contributed by atoms with Crippen LogP contribution in [0.1, 0.15) is 43.4 Å². The van der Waals surface area contributed by atoms with Crippen molar-refractivity contribution in [2.75, 3.05) is 11.9 Å². The minimum Gasteiger partial charge on any atom is -0.478 e. The van der Waals surface area contributed by atoms with Crippen LogP contribution in [0.15, 0.2) is 61.2 Å². The van der Waals surface area contributed by atoms with Gasteiger partial charge in [0.1, 0.15) is 11.9 Å². The number of imidazole rings is 1. The van der Waals surface area contributed by atoms with Gasteiger partial charge in [0.05, 0.1) is 25.2 Å². The molecule has 4 rings (SSSR count). The van der Waals surface area contributed by atoms with Crippen molar-refractivity contribution >= 4 is 23.2 Å². The second kappa shape index (κ2) is 10.2. The minimum atomic E-state index is -0.416. The van der Waals surface area contributed by atoms with E-state index in [0.717, 1.165) is 41.8 Å². The number of fused-ring (bicyclic) bond motifs is 1. The Balaban J connectivity index is 1.57. The number of carbonyl (C=O) groups excluding carboxylic acids is 1. The van der Waals surface area contributed by atoms with Crippen LogP contribution in [0.4, 0.5) is 5.69 Å². The minimum absolute atomic E-state index is 0.00339. The van der Waals surface area contributed by atoms with E-state index in [1.54, 1.807) is 17.4 Å². The average Bonchev–Trinajstić information content (AvgIpc) is 3.32. The van der Waals surface area contributed by atoms with Crippen molar-refractivity contribution in [3.63, 3.8) is 0 Å². The van der Waals surface area contributed by atoms with Gasteiger partial charge in [0, 0.05) is 24.5 Å². The third kappa shape index (κ3) is 5.14. The van der Waals surface area contributed by atoms with Crippen molar-refractivity contribution in [3.05, 3.63) is 77.3 Å². The molecule has 0 spiro atoms. The number of unbranched alkanes of at least 4 members (excludes halogenated alkanes) is 1. The highest BCUT2D eigenvalue weighted by molar-refractivity contribution is 6.30. The number of likely N-dealkylation sites (N-methyl/N-ethyl adjacent to an activating group) is 1. The molecule has 1 amide bonds. The standard InChI is InChI=1S/C25H28ClN3O3/c1-3-4-5-23-25(30)28(2)21-14-19(8-11-22(21)32-23)24(15-29-13-12-27-17-29)31-16-18-6-9-20(26)10-7-18/h6-14,17,23-24H,3-5,15-16H2,1-2H3. The summed E-state index contributed by atoms with van der Waals surface area (Å²) in [5.41, 5.74) is 2.78. The van der Waals surface area contributed by atoms with Crippen LogP contribution in [-0.4, -0.2) is 28.6 Å². The molecule has 0 N–H and O–H groups in total. The number of aromatic nitrogens is 2. The molecule has 1 aromatic heterocycles. The Kier molecular flexibility index (Phi) is 7.12. The number of nitrogens with zero attached hydrogens (tertiary/aromatic N) is 3. The van der Waals surface area contributed by atoms with E-state index in [4.69, 9.17) is 21.1 Å². The molecule has 0 saturated carbocycles. The normalized spacial score (nSPS) is 16.5. The molecule has 0 radical (unpaired) electrons. The molecule has 1 aliphatic rings. The maximum absolute atomic E-state index is 12.8. The third-order valence-electron chi connectivity index (χ3n) is 5.71. The summed E-state index contributed by atoms with van der Waals surface area (Å²) in [6.07, 6.45) is 7.51. The molecule has 0 bridgehead atoms. The lowest BCUT2D eigenvalue weighted by Crippen LogP contribution is -2.43. The quantitative estimate of drug-likeness (QED) is 0.434. The molecule has 2 aromatic carbocycles. The summed E-state index contributed by atoms with van der Waals surface area (Å²) < 4.78 is 14.3. The third-order valence-corrected chi connectivity index (χ3v) is 5.96.